The quantitative estimate of drug-likeness (QED) is 0.323. The lowest BCUT2D eigenvalue weighted by molar-refractivity contribution is 0.318. The number of benzene rings is 1. The molecule has 4 nitrogen and oxygen atoms in total. The largest absolute Gasteiger partial charge is 0.409 e. The Bertz CT molecular complexity index is 394. The van der Waals surface area contributed by atoms with E-state index in [1.165, 1.54) is 31.2 Å². The molecule has 4 heteroatoms. The van der Waals surface area contributed by atoms with E-state index in [1.54, 1.807) is 0 Å². The lowest BCUT2D eigenvalue weighted by Crippen LogP contribution is -2.20. The van der Waals surface area contributed by atoms with Gasteiger partial charge >= 0.3 is 0 Å². The molecule has 0 bridgehead atoms. The summed E-state index contributed by atoms with van der Waals surface area (Å²) in [5.41, 5.74) is 7.48. The Labute approximate surface area is 108 Å². The Balaban J connectivity index is 1.79. The molecule has 4 N–H and O–H groups in total. The molecule has 0 aliphatic heterocycles. The van der Waals surface area contributed by atoms with Crippen molar-refractivity contribution in [3.8, 4) is 0 Å². The Morgan fingerprint density at radius 2 is 1.94 bits per heavy atom. The van der Waals surface area contributed by atoms with Gasteiger partial charge in [-0.1, -0.05) is 42.3 Å². The van der Waals surface area contributed by atoms with Gasteiger partial charge in [0.2, 0.25) is 0 Å². The highest BCUT2D eigenvalue weighted by Crippen LogP contribution is 2.23. The number of amidine groups is 1. The van der Waals surface area contributed by atoms with Crippen LogP contribution in [0.2, 0.25) is 0 Å². The van der Waals surface area contributed by atoms with Gasteiger partial charge in [-0.15, -0.1) is 0 Å². The maximum atomic E-state index is 8.57. The number of oxime groups is 1. The molecule has 1 aliphatic rings. The molecule has 1 aromatic carbocycles. The third kappa shape index (κ3) is 3.47. The second-order valence-electron chi connectivity index (χ2n) is 4.96. The van der Waals surface area contributed by atoms with E-state index in [9.17, 15) is 0 Å². The van der Waals surface area contributed by atoms with E-state index in [4.69, 9.17) is 10.9 Å². The van der Waals surface area contributed by atoms with Crippen molar-refractivity contribution < 1.29 is 5.21 Å². The fourth-order valence-electron chi connectivity index (χ4n) is 2.49. The molecule has 0 heterocycles. The summed E-state index contributed by atoms with van der Waals surface area (Å²) in [7, 11) is 0. The summed E-state index contributed by atoms with van der Waals surface area (Å²) in [6.45, 7) is 1.99. The van der Waals surface area contributed by atoms with Gasteiger partial charge in [-0.05, 0) is 30.9 Å². The lowest BCUT2D eigenvalue weighted by Gasteiger charge is -2.10. The molecule has 1 aromatic rings. The van der Waals surface area contributed by atoms with E-state index in [0.29, 0.717) is 0 Å². The molecule has 98 valence electrons. The van der Waals surface area contributed by atoms with E-state index in [0.717, 1.165) is 24.6 Å². The highest BCUT2D eigenvalue weighted by Gasteiger charge is 2.13. The Hall–Kier alpha value is -1.55. The molecule has 0 atom stereocenters. The van der Waals surface area contributed by atoms with Crippen LogP contribution in [0.1, 0.15) is 36.8 Å². The van der Waals surface area contributed by atoms with Gasteiger partial charge in [0.1, 0.15) is 0 Å². The van der Waals surface area contributed by atoms with Crippen molar-refractivity contribution in [1.82, 2.24) is 5.32 Å². The standard InChI is InChI=1S/C14H21N3O/c15-14(17-18)13-7-5-12(6-8-13)10-16-9-11-3-1-2-4-11/h5-8,11,16,18H,1-4,9-10H2,(H2,15,17). The van der Waals surface area contributed by atoms with Crippen LogP contribution < -0.4 is 11.1 Å². The molecule has 0 radical (unpaired) electrons. The summed E-state index contributed by atoms with van der Waals surface area (Å²) < 4.78 is 0. The third-order valence-corrected chi connectivity index (χ3v) is 3.59. The van der Waals surface area contributed by atoms with Gasteiger partial charge in [-0.2, -0.15) is 0 Å². The molecule has 0 unspecified atom stereocenters. The second-order valence-corrected chi connectivity index (χ2v) is 4.96. The summed E-state index contributed by atoms with van der Waals surface area (Å²) in [5.74, 6) is 1.02. The minimum atomic E-state index is 0.153. The van der Waals surface area contributed by atoms with Gasteiger partial charge in [0.25, 0.3) is 0 Å². The summed E-state index contributed by atoms with van der Waals surface area (Å²) >= 11 is 0. The maximum Gasteiger partial charge on any atom is 0.170 e. The van der Waals surface area contributed by atoms with Gasteiger partial charge in [0.15, 0.2) is 5.84 Å². The smallest absolute Gasteiger partial charge is 0.170 e. The first-order valence-corrected chi connectivity index (χ1v) is 6.57. The molecule has 0 saturated heterocycles. The summed E-state index contributed by atoms with van der Waals surface area (Å²) in [5, 5.41) is 15.0. The molecule has 2 rings (SSSR count). The van der Waals surface area contributed by atoms with Crippen LogP contribution in [0.3, 0.4) is 0 Å². The molecule has 18 heavy (non-hydrogen) atoms. The van der Waals surface area contributed by atoms with Crippen molar-refractivity contribution in [3.63, 3.8) is 0 Å². The molecule has 1 aliphatic carbocycles. The Kier molecular flexibility index (Phi) is 4.59. The van der Waals surface area contributed by atoms with E-state index in [2.05, 4.69) is 10.5 Å². The van der Waals surface area contributed by atoms with Gasteiger partial charge in [-0.3, -0.25) is 0 Å². The highest BCUT2D eigenvalue weighted by atomic mass is 16.4. The minimum Gasteiger partial charge on any atom is -0.409 e. The van der Waals surface area contributed by atoms with Crippen LogP contribution in [0, 0.1) is 5.92 Å². The van der Waals surface area contributed by atoms with Crippen LogP contribution in [-0.2, 0) is 6.54 Å². The number of rotatable bonds is 5. The zero-order chi connectivity index (χ0) is 12.8. The minimum absolute atomic E-state index is 0.153. The fraction of sp³-hybridized carbons (Fsp3) is 0.500. The van der Waals surface area contributed by atoms with Crippen molar-refractivity contribution in [2.24, 2.45) is 16.8 Å². The van der Waals surface area contributed by atoms with E-state index >= 15 is 0 Å². The summed E-state index contributed by atoms with van der Waals surface area (Å²) in [6, 6.07) is 7.77. The van der Waals surface area contributed by atoms with Crippen molar-refractivity contribution in [3.05, 3.63) is 35.4 Å². The number of nitrogens with two attached hydrogens (primary N) is 1. The van der Waals surface area contributed by atoms with Crippen LogP contribution in [0.25, 0.3) is 0 Å². The van der Waals surface area contributed by atoms with Crippen LogP contribution in [-0.4, -0.2) is 17.6 Å². The van der Waals surface area contributed by atoms with Crippen LogP contribution >= 0.6 is 0 Å². The van der Waals surface area contributed by atoms with Crippen molar-refractivity contribution in [1.29, 1.82) is 0 Å². The van der Waals surface area contributed by atoms with Crippen molar-refractivity contribution in [2.45, 2.75) is 32.2 Å². The number of hydrogen-bond donors (Lipinski definition) is 3. The number of hydrogen-bond acceptors (Lipinski definition) is 3. The number of nitrogens with zero attached hydrogens (tertiary/aromatic N) is 1. The van der Waals surface area contributed by atoms with E-state index in [1.807, 2.05) is 24.3 Å². The average molecular weight is 247 g/mol. The monoisotopic (exact) mass is 247 g/mol. The topological polar surface area (TPSA) is 70.6 Å². The molecule has 1 saturated carbocycles. The van der Waals surface area contributed by atoms with E-state index in [-0.39, 0.29) is 5.84 Å². The molecule has 1 fully saturated rings. The van der Waals surface area contributed by atoms with Crippen LogP contribution in [0.4, 0.5) is 0 Å². The highest BCUT2D eigenvalue weighted by molar-refractivity contribution is 5.96. The van der Waals surface area contributed by atoms with E-state index < -0.39 is 0 Å². The first kappa shape index (κ1) is 12.9. The van der Waals surface area contributed by atoms with Crippen LogP contribution in [0.5, 0.6) is 0 Å². The Morgan fingerprint density at radius 3 is 2.56 bits per heavy atom. The molecular weight excluding hydrogens is 226 g/mol. The summed E-state index contributed by atoms with van der Waals surface area (Å²) in [4.78, 5) is 0. The number of nitrogens with one attached hydrogen (secondary N) is 1. The van der Waals surface area contributed by atoms with Gasteiger partial charge in [-0.25, -0.2) is 0 Å². The fourth-order valence-corrected chi connectivity index (χ4v) is 2.49. The maximum absolute atomic E-state index is 8.57. The average Bonchev–Trinajstić information content (AvgIpc) is 2.92. The second kappa shape index (κ2) is 6.40. The predicted octanol–water partition coefficient (Wildman–Crippen LogP) is 2.06. The molecule has 0 aromatic heterocycles. The first-order valence-electron chi connectivity index (χ1n) is 6.57. The van der Waals surface area contributed by atoms with Crippen molar-refractivity contribution >= 4 is 5.84 Å². The van der Waals surface area contributed by atoms with Gasteiger partial charge in [0, 0.05) is 12.1 Å². The summed E-state index contributed by atoms with van der Waals surface area (Å²) in [6.07, 6.45) is 5.52. The molecule has 0 spiro atoms. The lowest BCUT2D eigenvalue weighted by atomic mass is 10.1. The first-order chi connectivity index (χ1) is 8.79. The van der Waals surface area contributed by atoms with Gasteiger partial charge < -0.3 is 16.3 Å². The third-order valence-electron chi connectivity index (χ3n) is 3.59. The zero-order valence-electron chi connectivity index (χ0n) is 10.6. The zero-order valence-corrected chi connectivity index (χ0v) is 10.6. The van der Waals surface area contributed by atoms with Crippen molar-refractivity contribution in [2.75, 3.05) is 6.54 Å². The normalized spacial score (nSPS) is 17.2. The van der Waals surface area contributed by atoms with Gasteiger partial charge in [0.05, 0.1) is 0 Å². The van der Waals surface area contributed by atoms with Crippen LogP contribution in [0.15, 0.2) is 29.4 Å². The predicted molar refractivity (Wildman–Crippen MR) is 72.6 cm³/mol. The Morgan fingerprint density at radius 1 is 1.28 bits per heavy atom. The SMILES string of the molecule is NC(=NO)c1ccc(CNCC2CCCC2)cc1. The molecular formula is C14H21N3O. The molecule has 0 amide bonds.